The van der Waals surface area contributed by atoms with Crippen LogP contribution in [0.2, 0.25) is 0 Å². The van der Waals surface area contributed by atoms with Crippen LogP contribution in [-0.2, 0) is 15.0 Å². The maximum Gasteiger partial charge on any atom is 0.337 e. The van der Waals surface area contributed by atoms with Gasteiger partial charge in [-0.05, 0) is 18.2 Å². The first-order valence-electron chi connectivity index (χ1n) is 6.42. The lowest BCUT2D eigenvalue weighted by atomic mass is 10.1. The van der Waals surface area contributed by atoms with Gasteiger partial charge in [0.15, 0.2) is 0 Å². The highest BCUT2D eigenvalue weighted by molar-refractivity contribution is 7.86. The zero-order valence-electron chi connectivity index (χ0n) is 11.6. The van der Waals surface area contributed by atoms with E-state index in [9.17, 15) is 31.8 Å². The minimum absolute atomic E-state index is 0.0498. The second-order valence-corrected chi connectivity index (χ2v) is 6.53. The molecule has 2 N–H and O–H groups in total. The van der Waals surface area contributed by atoms with Crippen molar-refractivity contribution in [3.05, 3.63) is 29.3 Å². The van der Waals surface area contributed by atoms with Gasteiger partial charge >= 0.3 is 22.2 Å². The number of rotatable bonds is 5. The molecule has 1 aromatic rings. The van der Waals surface area contributed by atoms with Crippen molar-refractivity contribution < 1.29 is 36.9 Å². The topological polar surface area (TPSA) is 129 Å². The molecule has 0 saturated carbocycles. The van der Waals surface area contributed by atoms with E-state index in [1.165, 1.54) is 0 Å². The number of amides is 1. The summed E-state index contributed by atoms with van der Waals surface area (Å²) in [4.78, 5) is 35.2. The Labute approximate surface area is 130 Å². The molecule has 1 aliphatic heterocycles. The Morgan fingerprint density at radius 1 is 1.26 bits per heavy atom. The lowest BCUT2D eigenvalue weighted by Gasteiger charge is -2.19. The molecule has 0 aromatic heterocycles. The van der Waals surface area contributed by atoms with Crippen LogP contribution >= 0.6 is 0 Å². The van der Waals surface area contributed by atoms with E-state index in [0.29, 0.717) is 0 Å². The first kappa shape index (κ1) is 16.9. The first-order chi connectivity index (χ1) is 10.6. The summed E-state index contributed by atoms with van der Waals surface area (Å²) in [5.74, 6) is -4.93. The van der Waals surface area contributed by atoms with Crippen LogP contribution < -0.4 is 4.90 Å². The molecule has 1 aromatic carbocycles. The van der Waals surface area contributed by atoms with E-state index in [-0.39, 0.29) is 24.2 Å². The number of carboxylic acid groups (broad SMARTS) is 2. The first-order valence-corrected chi connectivity index (χ1v) is 7.97. The molecule has 1 atom stereocenters. The molecule has 1 unspecified atom stereocenters. The van der Waals surface area contributed by atoms with Gasteiger partial charge in [-0.15, -0.1) is 3.89 Å². The molecule has 8 nitrogen and oxygen atoms in total. The van der Waals surface area contributed by atoms with Gasteiger partial charge in [-0.1, -0.05) is 0 Å². The third kappa shape index (κ3) is 3.83. The van der Waals surface area contributed by atoms with Gasteiger partial charge in [-0.3, -0.25) is 4.79 Å². The monoisotopic (exact) mass is 345 g/mol. The molecule has 10 heteroatoms. The third-order valence-corrected chi connectivity index (χ3v) is 4.27. The van der Waals surface area contributed by atoms with E-state index >= 15 is 0 Å². The van der Waals surface area contributed by atoms with Gasteiger partial charge in [0.2, 0.25) is 5.91 Å². The van der Waals surface area contributed by atoms with Crippen LogP contribution in [0.1, 0.15) is 27.1 Å². The van der Waals surface area contributed by atoms with Crippen LogP contribution in [0.4, 0.5) is 9.57 Å². The summed E-state index contributed by atoms with van der Waals surface area (Å²) >= 11 is 0. The number of nitrogens with zero attached hydrogens (tertiary/aromatic N) is 1. The van der Waals surface area contributed by atoms with E-state index in [2.05, 4.69) is 0 Å². The van der Waals surface area contributed by atoms with Crippen LogP contribution in [0.5, 0.6) is 0 Å². The minimum atomic E-state index is -4.75. The SMILES string of the molecule is O=C(O)c1ccc(N2CC(CS(=O)(=O)F)CC2=O)c(C(=O)O)c1. The number of carbonyl (C=O) groups is 3. The quantitative estimate of drug-likeness (QED) is 0.753. The Balaban J connectivity index is 2.36. The highest BCUT2D eigenvalue weighted by Crippen LogP contribution is 2.30. The Morgan fingerprint density at radius 3 is 2.43 bits per heavy atom. The second-order valence-electron chi connectivity index (χ2n) is 5.12. The molecule has 0 aliphatic carbocycles. The van der Waals surface area contributed by atoms with Gasteiger partial charge < -0.3 is 15.1 Å². The summed E-state index contributed by atoms with van der Waals surface area (Å²) in [7, 11) is -4.75. The maximum atomic E-state index is 12.7. The van der Waals surface area contributed by atoms with E-state index in [4.69, 9.17) is 5.11 Å². The molecular weight excluding hydrogens is 333 g/mol. The van der Waals surface area contributed by atoms with Crippen molar-refractivity contribution in [2.45, 2.75) is 6.42 Å². The standard InChI is InChI=1S/C13H12FNO7S/c14-23(21,22)6-7-3-11(16)15(5-7)10-2-1-8(12(17)18)4-9(10)13(19)20/h1-2,4,7H,3,5-6H2,(H,17,18)(H,19,20). The van der Waals surface area contributed by atoms with Crippen molar-refractivity contribution in [3.63, 3.8) is 0 Å². The highest BCUT2D eigenvalue weighted by Gasteiger charge is 2.35. The lowest BCUT2D eigenvalue weighted by molar-refractivity contribution is -0.117. The second kappa shape index (κ2) is 5.95. The fourth-order valence-corrected chi connectivity index (χ4v) is 3.27. The van der Waals surface area contributed by atoms with Gasteiger partial charge in [0.05, 0.1) is 22.6 Å². The molecule has 2 rings (SSSR count). The Hall–Kier alpha value is -2.49. The molecular formula is C13H12FNO7S. The van der Waals surface area contributed by atoms with Gasteiger partial charge in [0.25, 0.3) is 0 Å². The van der Waals surface area contributed by atoms with Gasteiger partial charge in [-0.25, -0.2) is 9.59 Å². The largest absolute Gasteiger partial charge is 0.478 e. The average molecular weight is 345 g/mol. The molecule has 23 heavy (non-hydrogen) atoms. The number of hydrogen-bond acceptors (Lipinski definition) is 5. The van der Waals surface area contributed by atoms with Gasteiger partial charge in [0.1, 0.15) is 0 Å². The fraction of sp³-hybridized carbons (Fsp3) is 0.308. The fourth-order valence-electron chi connectivity index (χ4n) is 2.48. The van der Waals surface area contributed by atoms with Gasteiger partial charge in [-0.2, -0.15) is 8.42 Å². The number of benzene rings is 1. The number of anilines is 1. The molecule has 0 spiro atoms. The minimum Gasteiger partial charge on any atom is -0.478 e. The lowest BCUT2D eigenvalue weighted by Crippen LogP contribution is -2.27. The Morgan fingerprint density at radius 2 is 1.91 bits per heavy atom. The number of aromatic carboxylic acids is 2. The summed E-state index contributed by atoms with van der Waals surface area (Å²) in [6.45, 7) is -0.158. The molecule has 1 amide bonds. The summed E-state index contributed by atoms with van der Waals surface area (Å²) in [5, 5.41) is 18.1. The van der Waals surface area contributed by atoms with Gasteiger partial charge in [0, 0.05) is 18.9 Å². The van der Waals surface area contributed by atoms with E-state index in [1.807, 2.05) is 0 Å². The molecule has 0 bridgehead atoms. The number of carboxylic acids is 2. The van der Waals surface area contributed by atoms with Crippen LogP contribution in [0.3, 0.4) is 0 Å². The molecule has 124 valence electrons. The molecule has 1 saturated heterocycles. The van der Waals surface area contributed by atoms with Crippen LogP contribution in [0.15, 0.2) is 18.2 Å². The number of halogens is 1. The third-order valence-electron chi connectivity index (χ3n) is 3.40. The average Bonchev–Trinajstić information content (AvgIpc) is 2.76. The summed E-state index contributed by atoms with van der Waals surface area (Å²) < 4.78 is 34.1. The van der Waals surface area contributed by atoms with Crippen molar-refractivity contribution >= 4 is 33.8 Å². The molecule has 0 radical (unpaired) electrons. The van der Waals surface area contributed by atoms with Crippen molar-refractivity contribution in [2.75, 3.05) is 17.2 Å². The van der Waals surface area contributed by atoms with Crippen LogP contribution in [0, 0.1) is 5.92 Å². The number of hydrogen-bond donors (Lipinski definition) is 2. The van der Waals surface area contributed by atoms with Crippen molar-refractivity contribution in [1.82, 2.24) is 0 Å². The normalized spacial score (nSPS) is 18.2. The van der Waals surface area contributed by atoms with Crippen molar-refractivity contribution in [1.29, 1.82) is 0 Å². The van der Waals surface area contributed by atoms with E-state index in [1.54, 1.807) is 0 Å². The summed E-state index contributed by atoms with van der Waals surface area (Å²) in [5.41, 5.74) is -0.714. The predicted molar refractivity (Wildman–Crippen MR) is 75.7 cm³/mol. The van der Waals surface area contributed by atoms with Crippen LogP contribution in [0.25, 0.3) is 0 Å². The van der Waals surface area contributed by atoms with Crippen LogP contribution in [-0.4, -0.2) is 48.8 Å². The predicted octanol–water partition coefficient (Wildman–Crippen LogP) is 0.735. The van der Waals surface area contributed by atoms with Crippen molar-refractivity contribution in [3.8, 4) is 0 Å². The number of carbonyl (C=O) groups excluding carboxylic acids is 1. The van der Waals surface area contributed by atoms with Crippen molar-refractivity contribution in [2.24, 2.45) is 5.92 Å². The van der Waals surface area contributed by atoms with E-state index < -0.39 is 45.3 Å². The smallest absolute Gasteiger partial charge is 0.337 e. The molecule has 1 fully saturated rings. The molecule has 1 aliphatic rings. The Bertz CT molecular complexity index is 790. The zero-order valence-corrected chi connectivity index (χ0v) is 12.4. The Kier molecular flexibility index (Phi) is 4.37. The summed E-state index contributed by atoms with van der Waals surface area (Å²) in [6.07, 6.45) is -0.233. The molecule has 1 heterocycles. The van der Waals surface area contributed by atoms with E-state index in [0.717, 1.165) is 23.1 Å². The maximum absolute atomic E-state index is 12.7. The summed E-state index contributed by atoms with van der Waals surface area (Å²) in [6, 6.07) is 3.21. The highest BCUT2D eigenvalue weighted by atomic mass is 32.3. The zero-order chi connectivity index (χ0) is 17.4.